The van der Waals surface area contributed by atoms with Crippen LogP contribution in [0.25, 0.3) is 0 Å². The van der Waals surface area contributed by atoms with Gasteiger partial charge in [0.15, 0.2) is 0 Å². The van der Waals surface area contributed by atoms with E-state index < -0.39 is 5.54 Å². The van der Waals surface area contributed by atoms with Crippen LogP contribution in [0.2, 0.25) is 5.02 Å². The summed E-state index contributed by atoms with van der Waals surface area (Å²) in [6, 6.07) is 6.80. The summed E-state index contributed by atoms with van der Waals surface area (Å²) in [5.74, 6) is -0.256. The molecule has 0 unspecified atom stereocenters. The number of benzene rings is 1. The molecule has 20 heavy (non-hydrogen) atoms. The van der Waals surface area contributed by atoms with Crippen LogP contribution in [0.1, 0.15) is 19.4 Å². The number of rotatable bonds is 3. The summed E-state index contributed by atoms with van der Waals surface area (Å²) < 4.78 is 13.2. The van der Waals surface area contributed by atoms with Gasteiger partial charge in [0.25, 0.3) is 0 Å². The molecule has 1 heterocycles. The van der Waals surface area contributed by atoms with Gasteiger partial charge >= 0.3 is 0 Å². The molecule has 0 N–H and O–H groups in total. The summed E-state index contributed by atoms with van der Waals surface area (Å²) in [6.07, 6.45) is 0. The van der Waals surface area contributed by atoms with Gasteiger partial charge < -0.3 is 0 Å². The molecule has 0 spiro atoms. The molecule has 2 rings (SSSR count). The summed E-state index contributed by atoms with van der Waals surface area (Å²) >= 11 is 6.09. The first-order chi connectivity index (χ1) is 9.42. The molecule has 0 aromatic heterocycles. The van der Waals surface area contributed by atoms with Gasteiger partial charge in [-0.2, -0.15) is 5.26 Å². The maximum atomic E-state index is 13.2. The predicted octanol–water partition coefficient (Wildman–Crippen LogP) is 2.90. The third kappa shape index (κ3) is 3.49. The number of hydrogen-bond acceptors (Lipinski definition) is 3. The molecular weight excluding hydrogens is 277 g/mol. The molecule has 5 heteroatoms. The second-order valence-corrected chi connectivity index (χ2v) is 6.08. The zero-order valence-corrected chi connectivity index (χ0v) is 12.6. The van der Waals surface area contributed by atoms with E-state index in [0.29, 0.717) is 11.6 Å². The lowest BCUT2D eigenvalue weighted by Gasteiger charge is -2.40. The van der Waals surface area contributed by atoms with E-state index >= 15 is 0 Å². The second-order valence-electron chi connectivity index (χ2n) is 5.67. The summed E-state index contributed by atoms with van der Waals surface area (Å²) in [5.41, 5.74) is 0.391. The summed E-state index contributed by atoms with van der Waals surface area (Å²) in [4.78, 5) is 4.42. The van der Waals surface area contributed by atoms with Crippen molar-refractivity contribution in [3.8, 4) is 6.07 Å². The van der Waals surface area contributed by atoms with Gasteiger partial charge in [-0.3, -0.25) is 9.80 Å². The average molecular weight is 296 g/mol. The lowest BCUT2D eigenvalue weighted by molar-refractivity contribution is 0.0764. The molecule has 3 nitrogen and oxygen atoms in total. The molecule has 0 radical (unpaired) electrons. The average Bonchev–Trinajstić information content (AvgIpc) is 2.43. The minimum atomic E-state index is -0.428. The largest absolute Gasteiger partial charge is 0.296 e. The Morgan fingerprint density at radius 2 is 1.95 bits per heavy atom. The van der Waals surface area contributed by atoms with Crippen LogP contribution in [0.5, 0.6) is 0 Å². The normalized spacial score (nSPS) is 17.9. The molecule has 0 saturated carbocycles. The molecule has 1 aliphatic rings. The van der Waals surface area contributed by atoms with E-state index in [-0.39, 0.29) is 5.82 Å². The van der Waals surface area contributed by atoms with E-state index in [4.69, 9.17) is 16.9 Å². The highest BCUT2D eigenvalue weighted by Crippen LogP contribution is 2.21. The Kier molecular flexibility index (Phi) is 4.64. The molecule has 0 bridgehead atoms. The number of nitrogens with zero attached hydrogens (tertiary/aromatic N) is 3. The van der Waals surface area contributed by atoms with E-state index in [2.05, 4.69) is 15.9 Å². The van der Waals surface area contributed by atoms with Crippen LogP contribution in [0.15, 0.2) is 18.2 Å². The Hall–Kier alpha value is -1.15. The van der Waals surface area contributed by atoms with Crippen LogP contribution in [0.4, 0.5) is 4.39 Å². The molecule has 0 aliphatic carbocycles. The first kappa shape index (κ1) is 15.2. The second kappa shape index (κ2) is 6.09. The van der Waals surface area contributed by atoms with E-state index in [9.17, 15) is 4.39 Å². The molecule has 1 aliphatic heterocycles. The van der Waals surface area contributed by atoms with Crippen LogP contribution >= 0.6 is 11.6 Å². The molecule has 1 aromatic carbocycles. The fraction of sp³-hybridized carbons (Fsp3) is 0.533. The van der Waals surface area contributed by atoms with Crippen molar-refractivity contribution in [3.05, 3.63) is 34.6 Å². The van der Waals surface area contributed by atoms with Gasteiger partial charge in [-0.25, -0.2) is 4.39 Å². The Morgan fingerprint density at radius 3 is 2.55 bits per heavy atom. The van der Waals surface area contributed by atoms with Crippen molar-refractivity contribution in [1.82, 2.24) is 9.80 Å². The molecule has 1 fully saturated rings. The minimum absolute atomic E-state index is 0.256. The number of halogens is 2. The third-order valence-corrected chi connectivity index (χ3v) is 4.21. The highest BCUT2D eigenvalue weighted by Gasteiger charge is 2.29. The fourth-order valence-electron chi connectivity index (χ4n) is 2.44. The van der Waals surface area contributed by atoms with Crippen molar-refractivity contribution in [2.45, 2.75) is 25.9 Å². The Balaban J connectivity index is 1.95. The van der Waals surface area contributed by atoms with Crippen LogP contribution in [-0.2, 0) is 6.54 Å². The Morgan fingerprint density at radius 1 is 1.30 bits per heavy atom. The van der Waals surface area contributed by atoms with E-state index in [1.807, 2.05) is 13.8 Å². The first-order valence-corrected chi connectivity index (χ1v) is 7.13. The SMILES string of the molecule is CC(C)(C#N)N1CCN(Cc2cc(F)ccc2Cl)CC1. The van der Waals surface area contributed by atoms with Crippen LogP contribution in [0, 0.1) is 17.1 Å². The smallest absolute Gasteiger partial charge is 0.123 e. The lowest BCUT2D eigenvalue weighted by atomic mass is 10.0. The van der Waals surface area contributed by atoms with Gasteiger partial charge in [0.2, 0.25) is 0 Å². The van der Waals surface area contributed by atoms with E-state index in [1.54, 1.807) is 6.07 Å². The van der Waals surface area contributed by atoms with Gasteiger partial charge in [0, 0.05) is 37.7 Å². The minimum Gasteiger partial charge on any atom is -0.296 e. The first-order valence-electron chi connectivity index (χ1n) is 6.75. The number of hydrogen-bond donors (Lipinski definition) is 0. The van der Waals surface area contributed by atoms with Crippen molar-refractivity contribution in [1.29, 1.82) is 5.26 Å². The van der Waals surface area contributed by atoms with Gasteiger partial charge in [0.1, 0.15) is 11.4 Å². The Bertz CT molecular complexity index is 516. The molecule has 0 amide bonds. The number of piperazine rings is 1. The monoisotopic (exact) mass is 295 g/mol. The maximum Gasteiger partial charge on any atom is 0.123 e. The zero-order chi connectivity index (χ0) is 14.8. The van der Waals surface area contributed by atoms with Gasteiger partial charge in [-0.05, 0) is 37.6 Å². The lowest BCUT2D eigenvalue weighted by Crippen LogP contribution is -2.53. The molecule has 108 valence electrons. The highest BCUT2D eigenvalue weighted by atomic mass is 35.5. The zero-order valence-electron chi connectivity index (χ0n) is 11.9. The quantitative estimate of drug-likeness (QED) is 0.859. The highest BCUT2D eigenvalue weighted by molar-refractivity contribution is 6.31. The fourth-order valence-corrected chi connectivity index (χ4v) is 2.62. The van der Waals surface area contributed by atoms with Crippen LogP contribution in [0.3, 0.4) is 0 Å². The van der Waals surface area contributed by atoms with Crippen molar-refractivity contribution in [3.63, 3.8) is 0 Å². The number of nitriles is 1. The van der Waals surface area contributed by atoms with Crippen LogP contribution in [-0.4, -0.2) is 41.5 Å². The standard InChI is InChI=1S/C15H19ClFN3/c1-15(2,11-18)20-7-5-19(6-8-20)10-12-9-13(17)3-4-14(12)16/h3-4,9H,5-8,10H2,1-2H3. The molecule has 1 saturated heterocycles. The Labute approximate surface area is 124 Å². The molecule has 0 atom stereocenters. The van der Waals surface area contributed by atoms with E-state index in [1.165, 1.54) is 12.1 Å². The van der Waals surface area contributed by atoms with Crippen LogP contribution < -0.4 is 0 Å². The third-order valence-electron chi connectivity index (χ3n) is 3.84. The molecular formula is C15H19ClFN3. The van der Waals surface area contributed by atoms with Gasteiger partial charge in [-0.15, -0.1) is 0 Å². The van der Waals surface area contributed by atoms with Crippen molar-refractivity contribution < 1.29 is 4.39 Å². The predicted molar refractivity (Wildman–Crippen MR) is 78.0 cm³/mol. The van der Waals surface area contributed by atoms with Crippen molar-refractivity contribution in [2.75, 3.05) is 26.2 Å². The van der Waals surface area contributed by atoms with Gasteiger partial charge in [0.05, 0.1) is 6.07 Å². The summed E-state index contributed by atoms with van der Waals surface area (Å²) in [7, 11) is 0. The van der Waals surface area contributed by atoms with Crippen molar-refractivity contribution in [2.24, 2.45) is 0 Å². The summed E-state index contributed by atoms with van der Waals surface area (Å²) in [5, 5.41) is 9.75. The van der Waals surface area contributed by atoms with E-state index in [0.717, 1.165) is 31.7 Å². The van der Waals surface area contributed by atoms with Gasteiger partial charge in [-0.1, -0.05) is 11.6 Å². The molecule has 1 aromatic rings. The topological polar surface area (TPSA) is 30.3 Å². The maximum absolute atomic E-state index is 13.2. The summed E-state index contributed by atoms with van der Waals surface area (Å²) in [6.45, 7) is 7.92. The van der Waals surface area contributed by atoms with Crippen molar-refractivity contribution >= 4 is 11.6 Å².